The lowest BCUT2D eigenvalue weighted by molar-refractivity contribution is 0.568. The van der Waals surface area contributed by atoms with Crippen LogP contribution >= 0.6 is 23.6 Å². The van der Waals surface area contributed by atoms with Crippen molar-refractivity contribution in [2.45, 2.75) is 46.0 Å². The van der Waals surface area contributed by atoms with Crippen molar-refractivity contribution in [3.05, 3.63) is 15.6 Å². The monoisotopic (exact) mass is 242 g/mol. The van der Waals surface area contributed by atoms with E-state index in [-0.39, 0.29) is 5.41 Å². The van der Waals surface area contributed by atoms with Gasteiger partial charge in [-0.25, -0.2) is 4.98 Å². The lowest BCUT2D eigenvalue weighted by Crippen LogP contribution is -2.19. The zero-order valence-electron chi connectivity index (χ0n) is 9.92. The second-order valence-corrected chi connectivity index (χ2v) is 6.47. The van der Waals surface area contributed by atoms with E-state index in [4.69, 9.17) is 18.0 Å². The molecule has 0 aliphatic carbocycles. The molecule has 0 fully saturated rings. The maximum atomic E-state index is 5.73. The number of aromatic nitrogens is 1. The highest BCUT2D eigenvalue weighted by molar-refractivity contribution is 7.81. The molecule has 1 rings (SSSR count). The van der Waals surface area contributed by atoms with Crippen LogP contribution in [0.15, 0.2) is 0 Å². The molecule has 4 heteroatoms. The van der Waals surface area contributed by atoms with E-state index < -0.39 is 0 Å². The quantitative estimate of drug-likeness (QED) is 0.809. The van der Waals surface area contributed by atoms with Gasteiger partial charge in [-0.2, -0.15) is 0 Å². The van der Waals surface area contributed by atoms with E-state index in [0.29, 0.717) is 10.9 Å². The van der Waals surface area contributed by atoms with Gasteiger partial charge >= 0.3 is 0 Å². The third kappa shape index (κ3) is 2.75. The highest BCUT2D eigenvalue weighted by atomic mass is 32.1. The fourth-order valence-electron chi connectivity index (χ4n) is 1.26. The number of nitrogens with two attached hydrogens (primary N) is 1. The zero-order chi connectivity index (χ0) is 11.8. The van der Waals surface area contributed by atoms with Crippen LogP contribution in [0.2, 0.25) is 0 Å². The molecule has 0 saturated heterocycles. The van der Waals surface area contributed by atoms with E-state index in [1.807, 2.05) is 0 Å². The average Bonchev–Trinajstić information content (AvgIpc) is 2.45. The van der Waals surface area contributed by atoms with Gasteiger partial charge in [-0.15, -0.1) is 11.3 Å². The third-order valence-electron chi connectivity index (χ3n) is 2.07. The summed E-state index contributed by atoms with van der Waals surface area (Å²) in [5.41, 5.74) is 6.76. The van der Waals surface area contributed by atoms with Crippen LogP contribution in [0.4, 0.5) is 0 Å². The Morgan fingerprint density at radius 1 is 1.40 bits per heavy atom. The van der Waals surface area contributed by atoms with Crippen LogP contribution < -0.4 is 5.73 Å². The average molecular weight is 242 g/mol. The van der Waals surface area contributed by atoms with Crippen molar-refractivity contribution in [2.75, 3.05) is 0 Å². The predicted molar refractivity (Wildman–Crippen MR) is 70.8 cm³/mol. The molecule has 15 heavy (non-hydrogen) atoms. The van der Waals surface area contributed by atoms with Gasteiger partial charge < -0.3 is 5.73 Å². The van der Waals surface area contributed by atoms with Crippen LogP contribution in [-0.4, -0.2) is 9.97 Å². The van der Waals surface area contributed by atoms with Crippen LogP contribution in [-0.2, 0) is 5.41 Å². The van der Waals surface area contributed by atoms with Crippen molar-refractivity contribution in [3.63, 3.8) is 0 Å². The largest absolute Gasteiger partial charge is 0.389 e. The molecule has 1 aromatic heterocycles. The van der Waals surface area contributed by atoms with Gasteiger partial charge in [0.15, 0.2) is 0 Å². The molecule has 2 nitrogen and oxygen atoms in total. The van der Waals surface area contributed by atoms with E-state index in [9.17, 15) is 0 Å². The van der Waals surface area contributed by atoms with Crippen LogP contribution in [0.25, 0.3) is 0 Å². The molecule has 1 heterocycles. The van der Waals surface area contributed by atoms with Crippen molar-refractivity contribution >= 4 is 28.5 Å². The fourth-order valence-corrected chi connectivity index (χ4v) is 2.61. The summed E-state index contributed by atoms with van der Waals surface area (Å²) in [6.07, 6.45) is 0. The van der Waals surface area contributed by atoms with Crippen molar-refractivity contribution in [2.24, 2.45) is 5.73 Å². The standard InChI is InChI=1S/C11H18N2S2/c1-6(2)10-13-8(11(3,4)5)7(15-10)9(12)14/h6H,1-5H3,(H2,12,14). The number of thiocarbonyl (C=S) groups is 1. The van der Waals surface area contributed by atoms with Crippen molar-refractivity contribution in [1.82, 2.24) is 4.98 Å². The third-order valence-corrected chi connectivity index (χ3v) is 3.79. The second kappa shape index (κ2) is 4.18. The maximum absolute atomic E-state index is 5.73. The Morgan fingerprint density at radius 2 is 1.93 bits per heavy atom. The van der Waals surface area contributed by atoms with E-state index in [1.54, 1.807) is 11.3 Å². The Kier molecular flexibility index (Phi) is 3.51. The Bertz CT molecular complexity index is 372. The van der Waals surface area contributed by atoms with Gasteiger partial charge in [0.05, 0.1) is 15.6 Å². The molecule has 0 radical (unpaired) electrons. The molecule has 0 spiro atoms. The Hall–Kier alpha value is -0.480. The molecule has 84 valence electrons. The Morgan fingerprint density at radius 3 is 2.20 bits per heavy atom. The van der Waals surface area contributed by atoms with Crippen LogP contribution in [0, 0.1) is 0 Å². The SMILES string of the molecule is CC(C)c1nc(C(C)(C)C)c(C(N)=S)s1. The maximum Gasteiger partial charge on any atom is 0.116 e. The molecule has 0 aliphatic rings. The van der Waals surface area contributed by atoms with E-state index in [1.165, 1.54) is 0 Å². The lowest BCUT2D eigenvalue weighted by atomic mass is 9.91. The molecule has 0 aliphatic heterocycles. The molecule has 0 atom stereocenters. The zero-order valence-corrected chi connectivity index (χ0v) is 11.6. The summed E-state index contributed by atoms with van der Waals surface area (Å²) in [5.74, 6) is 0.430. The fraction of sp³-hybridized carbons (Fsp3) is 0.636. The first-order chi connectivity index (χ1) is 6.73. The second-order valence-electron chi connectivity index (χ2n) is 5.00. The van der Waals surface area contributed by atoms with Gasteiger partial charge in [-0.3, -0.25) is 0 Å². The van der Waals surface area contributed by atoms with Crippen LogP contribution in [0.3, 0.4) is 0 Å². The first kappa shape index (κ1) is 12.6. The molecule has 0 bridgehead atoms. The van der Waals surface area contributed by atoms with Gasteiger partial charge in [0, 0.05) is 11.3 Å². The van der Waals surface area contributed by atoms with E-state index in [2.05, 4.69) is 39.6 Å². The van der Waals surface area contributed by atoms with Crippen LogP contribution in [0.1, 0.15) is 56.1 Å². The summed E-state index contributed by atoms with van der Waals surface area (Å²) >= 11 is 6.69. The number of thiazole rings is 1. The van der Waals surface area contributed by atoms with E-state index >= 15 is 0 Å². The minimum Gasteiger partial charge on any atom is -0.389 e. The first-order valence-electron chi connectivity index (χ1n) is 5.04. The highest BCUT2D eigenvalue weighted by Gasteiger charge is 2.25. The van der Waals surface area contributed by atoms with Gasteiger partial charge in [0.2, 0.25) is 0 Å². The smallest absolute Gasteiger partial charge is 0.116 e. The Balaban J connectivity index is 3.30. The molecular weight excluding hydrogens is 224 g/mol. The summed E-state index contributed by atoms with van der Waals surface area (Å²) in [6.45, 7) is 10.7. The van der Waals surface area contributed by atoms with Crippen molar-refractivity contribution in [1.29, 1.82) is 0 Å². The molecule has 0 unspecified atom stereocenters. The lowest BCUT2D eigenvalue weighted by Gasteiger charge is -2.17. The van der Waals surface area contributed by atoms with Crippen molar-refractivity contribution in [3.8, 4) is 0 Å². The van der Waals surface area contributed by atoms with Crippen molar-refractivity contribution < 1.29 is 0 Å². The molecule has 1 aromatic rings. The first-order valence-corrected chi connectivity index (χ1v) is 6.27. The minimum absolute atomic E-state index is 0.00238. The Labute approximate surface area is 101 Å². The summed E-state index contributed by atoms with van der Waals surface area (Å²) in [5, 5.41) is 1.11. The van der Waals surface area contributed by atoms with Gasteiger partial charge in [-0.1, -0.05) is 46.8 Å². The number of hydrogen-bond acceptors (Lipinski definition) is 3. The summed E-state index contributed by atoms with van der Waals surface area (Å²) in [7, 11) is 0. The van der Waals surface area contributed by atoms with Gasteiger partial charge in [0.25, 0.3) is 0 Å². The number of hydrogen-bond donors (Lipinski definition) is 1. The molecular formula is C11H18N2S2. The normalized spacial score (nSPS) is 12.1. The van der Waals surface area contributed by atoms with Gasteiger partial charge in [-0.05, 0) is 0 Å². The predicted octanol–water partition coefficient (Wildman–Crippen LogP) is 3.20. The summed E-state index contributed by atoms with van der Waals surface area (Å²) < 4.78 is 0. The number of rotatable bonds is 2. The molecule has 0 amide bonds. The molecule has 0 aromatic carbocycles. The summed E-state index contributed by atoms with van der Waals surface area (Å²) in [4.78, 5) is 6.09. The van der Waals surface area contributed by atoms with Crippen LogP contribution in [0.5, 0.6) is 0 Å². The minimum atomic E-state index is 0.00238. The summed E-state index contributed by atoms with van der Waals surface area (Å²) in [6, 6.07) is 0. The number of nitrogens with zero attached hydrogens (tertiary/aromatic N) is 1. The van der Waals surface area contributed by atoms with Gasteiger partial charge in [0.1, 0.15) is 4.99 Å². The molecule has 0 saturated carbocycles. The topological polar surface area (TPSA) is 38.9 Å². The highest BCUT2D eigenvalue weighted by Crippen LogP contribution is 2.32. The van der Waals surface area contributed by atoms with E-state index in [0.717, 1.165) is 15.6 Å². The molecule has 2 N–H and O–H groups in total.